The molecule has 2 aromatic rings. The molecule has 1 atom stereocenters. The molecule has 198 valence electrons. The van der Waals surface area contributed by atoms with Gasteiger partial charge in [0, 0.05) is 26.1 Å². The Bertz CT molecular complexity index is 1120. The predicted octanol–water partition coefficient (Wildman–Crippen LogP) is 3.74. The molecule has 0 aliphatic carbocycles. The summed E-state index contributed by atoms with van der Waals surface area (Å²) in [4.78, 5) is 27.7. The molecule has 0 saturated heterocycles. The first-order chi connectivity index (χ1) is 16.9. The average molecular weight is 518 g/mol. The summed E-state index contributed by atoms with van der Waals surface area (Å²) in [5.74, 6) is 0.561. The van der Waals surface area contributed by atoms with Gasteiger partial charge in [0.05, 0.1) is 19.1 Å². The van der Waals surface area contributed by atoms with Gasteiger partial charge in [-0.3, -0.25) is 13.9 Å². The molecule has 2 aromatic carbocycles. The van der Waals surface area contributed by atoms with Gasteiger partial charge in [0.25, 0.3) is 0 Å². The van der Waals surface area contributed by atoms with Crippen molar-refractivity contribution < 1.29 is 22.7 Å². The SMILES string of the molecule is COc1ccc(CN(C(=O)CCCN(c2ccccc2C)S(C)(=O)=O)[C@H](C)C(=O)NCC(C)C)cc1. The van der Waals surface area contributed by atoms with Crippen LogP contribution in [0.2, 0.25) is 0 Å². The number of carbonyl (C=O) groups is 2. The van der Waals surface area contributed by atoms with E-state index in [0.29, 0.717) is 24.4 Å². The molecule has 8 nitrogen and oxygen atoms in total. The van der Waals surface area contributed by atoms with E-state index in [9.17, 15) is 18.0 Å². The molecule has 1 N–H and O–H groups in total. The van der Waals surface area contributed by atoms with Crippen molar-refractivity contribution in [1.82, 2.24) is 10.2 Å². The van der Waals surface area contributed by atoms with Crippen LogP contribution in [-0.4, -0.2) is 57.6 Å². The van der Waals surface area contributed by atoms with Crippen LogP contribution in [0.25, 0.3) is 0 Å². The Kier molecular flexibility index (Phi) is 10.8. The van der Waals surface area contributed by atoms with Crippen molar-refractivity contribution in [2.45, 2.75) is 53.1 Å². The monoisotopic (exact) mass is 517 g/mol. The minimum Gasteiger partial charge on any atom is -0.497 e. The van der Waals surface area contributed by atoms with Gasteiger partial charge in [-0.2, -0.15) is 0 Å². The maximum absolute atomic E-state index is 13.3. The van der Waals surface area contributed by atoms with E-state index in [1.807, 2.05) is 57.2 Å². The van der Waals surface area contributed by atoms with Crippen molar-refractivity contribution in [3.63, 3.8) is 0 Å². The summed E-state index contributed by atoms with van der Waals surface area (Å²) in [5, 5.41) is 2.90. The summed E-state index contributed by atoms with van der Waals surface area (Å²) in [5.41, 5.74) is 2.31. The molecule has 2 amide bonds. The number of anilines is 1. The molecule has 0 aromatic heterocycles. The Balaban J connectivity index is 2.17. The molecule has 2 rings (SSSR count). The molecule has 36 heavy (non-hydrogen) atoms. The first kappa shape index (κ1) is 29.2. The number of hydrogen-bond donors (Lipinski definition) is 1. The molecule has 9 heteroatoms. The second-order valence-corrected chi connectivity index (χ2v) is 11.3. The Morgan fingerprint density at radius 3 is 2.22 bits per heavy atom. The van der Waals surface area contributed by atoms with Crippen molar-refractivity contribution in [3.05, 3.63) is 59.7 Å². The fraction of sp³-hybridized carbons (Fsp3) is 0.481. The summed E-state index contributed by atoms with van der Waals surface area (Å²) in [6.45, 7) is 8.53. The number of ether oxygens (including phenoxy) is 1. The Hall–Kier alpha value is -3.07. The third kappa shape index (κ3) is 8.55. The third-order valence-corrected chi connectivity index (χ3v) is 7.08. The normalized spacial score (nSPS) is 12.2. The van der Waals surface area contributed by atoms with Crippen LogP contribution in [0.1, 0.15) is 44.7 Å². The van der Waals surface area contributed by atoms with Crippen molar-refractivity contribution in [1.29, 1.82) is 0 Å². The van der Waals surface area contributed by atoms with Crippen molar-refractivity contribution >= 4 is 27.5 Å². The molecular weight excluding hydrogens is 478 g/mol. The summed E-state index contributed by atoms with van der Waals surface area (Å²) in [6.07, 6.45) is 1.59. The zero-order valence-corrected chi connectivity index (χ0v) is 23.0. The van der Waals surface area contributed by atoms with Gasteiger partial charge in [0.1, 0.15) is 11.8 Å². The quantitative estimate of drug-likeness (QED) is 0.437. The highest BCUT2D eigenvalue weighted by molar-refractivity contribution is 7.92. The van der Waals surface area contributed by atoms with Crippen molar-refractivity contribution in [3.8, 4) is 5.75 Å². The molecule has 0 fully saturated rings. The second-order valence-electron chi connectivity index (χ2n) is 9.41. The summed E-state index contributed by atoms with van der Waals surface area (Å²) < 4.78 is 31.5. The fourth-order valence-corrected chi connectivity index (χ4v) is 4.81. The minimum atomic E-state index is -3.53. The van der Waals surface area contributed by atoms with Crippen LogP contribution in [0, 0.1) is 12.8 Å². The zero-order chi connectivity index (χ0) is 26.9. The number of aryl methyl sites for hydroxylation is 1. The van der Waals surface area contributed by atoms with Crippen LogP contribution in [0.15, 0.2) is 48.5 Å². The highest BCUT2D eigenvalue weighted by Crippen LogP contribution is 2.23. The van der Waals surface area contributed by atoms with E-state index in [4.69, 9.17) is 4.74 Å². The minimum absolute atomic E-state index is 0.107. The third-order valence-electron chi connectivity index (χ3n) is 5.90. The number of nitrogens with zero attached hydrogens (tertiary/aromatic N) is 2. The lowest BCUT2D eigenvalue weighted by Gasteiger charge is -2.30. The fourth-order valence-electron chi connectivity index (χ4n) is 3.79. The summed E-state index contributed by atoms with van der Waals surface area (Å²) in [7, 11) is -1.94. The summed E-state index contributed by atoms with van der Waals surface area (Å²) >= 11 is 0. The van der Waals surface area contributed by atoms with Gasteiger partial charge in [-0.1, -0.05) is 44.2 Å². The molecule has 0 spiro atoms. The number of benzene rings is 2. The van der Waals surface area contributed by atoms with E-state index in [2.05, 4.69) is 5.32 Å². The number of rotatable bonds is 13. The Morgan fingerprint density at radius 1 is 1.03 bits per heavy atom. The average Bonchev–Trinajstić information content (AvgIpc) is 2.83. The van der Waals surface area contributed by atoms with Crippen LogP contribution in [0.5, 0.6) is 5.75 Å². The predicted molar refractivity (Wildman–Crippen MR) is 143 cm³/mol. The van der Waals surface area contributed by atoms with Gasteiger partial charge in [-0.05, 0) is 55.5 Å². The lowest BCUT2D eigenvalue weighted by Crippen LogP contribution is -2.48. The molecule has 0 heterocycles. The number of amides is 2. The number of methoxy groups -OCH3 is 1. The number of carbonyl (C=O) groups excluding carboxylic acids is 2. The number of nitrogens with one attached hydrogen (secondary N) is 1. The highest BCUT2D eigenvalue weighted by Gasteiger charge is 2.27. The molecule has 0 bridgehead atoms. The maximum atomic E-state index is 13.3. The molecule has 0 aliphatic heterocycles. The lowest BCUT2D eigenvalue weighted by molar-refractivity contribution is -0.140. The second kappa shape index (κ2) is 13.3. The van der Waals surface area contributed by atoms with E-state index < -0.39 is 16.1 Å². The number of sulfonamides is 1. The highest BCUT2D eigenvalue weighted by atomic mass is 32.2. The van der Waals surface area contributed by atoms with E-state index in [1.165, 1.54) is 10.6 Å². The lowest BCUT2D eigenvalue weighted by atomic mass is 10.1. The summed E-state index contributed by atoms with van der Waals surface area (Å²) in [6, 6.07) is 13.9. The maximum Gasteiger partial charge on any atom is 0.242 e. The van der Waals surface area contributed by atoms with Gasteiger partial charge in [0.15, 0.2) is 0 Å². The van der Waals surface area contributed by atoms with Gasteiger partial charge >= 0.3 is 0 Å². The van der Waals surface area contributed by atoms with E-state index in [-0.39, 0.29) is 37.2 Å². The first-order valence-electron chi connectivity index (χ1n) is 12.2. The molecule has 0 radical (unpaired) electrons. The van der Waals surface area contributed by atoms with Crippen molar-refractivity contribution in [2.75, 3.05) is 30.8 Å². The zero-order valence-electron chi connectivity index (χ0n) is 22.2. The number of para-hydroxylation sites is 1. The van der Waals surface area contributed by atoms with Gasteiger partial charge in [-0.25, -0.2) is 8.42 Å². The molecular formula is C27H39N3O5S. The van der Waals surface area contributed by atoms with E-state index in [1.54, 1.807) is 31.1 Å². The standard InChI is InChI=1S/C27H39N3O5S/c1-20(2)18-28-27(32)22(4)29(19-23-13-15-24(35-5)16-14-23)26(31)12-9-17-30(36(6,33)34)25-11-8-7-10-21(25)3/h7-8,10-11,13-16,20,22H,9,12,17-19H2,1-6H3,(H,28,32)/t22-/m1/s1. The molecule has 0 saturated carbocycles. The van der Waals surface area contributed by atoms with E-state index in [0.717, 1.165) is 11.1 Å². The van der Waals surface area contributed by atoms with Crippen LogP contribution < -0.4 is 14.4 Å². The Labute approximate surface area is 215 Å². The first-order valence-corrected chi connectivity index (χ1v) is 14.0. The van der Waals surface area contributed by atoms with Gasteiger partial charge in [-0.15, -0.1) is 0 Å². The van der Waals surface area contributed by atoms with Crippen molar-refractivity contribution in [2.24, 2.45) is 5.92 Å². The van der Waals surface area contributed by atoms with E-state index >= 15 is 0 Å². The molecule has 0 aliphatic rings. The number of hydrogen-bond acceptors (Lipinski definition) is 5. The van der Waals surface area contributed by atoms with Crippen LogP contribution >= 0.6 is 0 Å². The molecule has 0 unspecified atom stereocenters. The van der Waals surface area contributed by atoms with Crippen LogP contribution in [0.3, 0.4) is 0 Å². The van der Waals surface area contributed by atoms with Crippen LogP contribution in [0.4, 0.5) is 5.69 Å². The van der Waals surface area contributed by atoms with Gasteiger partial charge < -0.3 is 15.0 Å². The largest absolute Gasteiger partial charge is 0.497 e. The Morgan fingerprint density at radius 2 is 1.67 bits per heavy atom. The smallest absolute Gasteiger partial charge is 0.242 e. The topological polar surface area (TPSA) is 96.0 Å². The van der Waals surface area contributed by atoms with Gasteiger partial charge in [0.2, 0.25) is 21.8 Å². The van der Waals surface area contributed by atoms with Crippen LogP contribution in [-0.2, 0) is 26.2 Å².